The smallest absolute Gasteiger partial charge is 0.362 e. The first kappa shape index (κ1) is 15.6. The highest BCUT2D eigenvalue weighted by atomic mass is 19.4. The van der Waals surface area contributed by atoms with Crippen molar-refractivity contribution in [3.05, 3.63) is 29.6 Å². The van der Waals surface area contributed by atoms with Crippen molar-refractivity contribution in [2.24, 2.45) is 5.73 Å². The van der Waals surface area contributed by atoms with Crippen LogP contribution in [0, 0.1) is 5.82 Å². The Kier molecular flexibility index (Phi) is 5.04. The summed E-state index contributed by atoms with van der Waals surface area (Å²) in [5, 5.41) is 0. The molecule has 0 saturated heterocycles. The summed E-state index contributed by atoms with van der Waals surface area (Å²) in [6.07, 6.45) is -7.42. The van der Waals surface area contributed by atoms with Crippen LogP contribution < -0.4 is 10.6 Å². The van der Waals surface area contributed by atoms with E-state index in [1.807, 2.05) is 0 Å². The highest BCUT2D eigenvalue weighted by Gasteiger charge is 2.31. The zero-order valence-corrected chi connectivity index (χ0v) is 9.72. The molecular formula is C11H12F6N2. The largest absolute Gasteiger partial charge is 0.416 e. The summed E-state index contributed by atoms with van der Waals surface area (Å²) in [7, 11) is 0. The highest BCUT2D eigenvalue weighted by molar-refractivity contribution is 5.49. The third-order valence-electron chi connectivity index (χ3n) is 2.37. The van der Waals surface area contributed by atoms with E-state index in [0.29, 0.717) is 6.07 Å². The van der Waals surface area contributed by atoms with E-state index >= 15 is 0 Å². The van der Waals surface area contributed by atoms with E-state index in [4.69, 9.17) is 5.73 Å². The molecule has 108 valence electrons. The molecule has 0 spiro atoms. The number of hydrogen-bond acceptors (Lipinski definition) is 2. The second kappa shape index (κ2) is 6.14. The molecule has 0 heterocycles. The fourth-order valence-electron chi connectivity index (χ4n) is 1.57. The summed E-state index contributed by atoms with van der Waals surface area (Å²) >= 11 is 0. The molecule has 2 N–H and O–H groups in total. The van der Waals surface area contributed by atoms with Gasteiger partial charge in [-0.2, -0.15) is 13.2 Å². The van der Waals surface area contributed by atoms with Gasteiger partial charge >= 0.3 is 6.18 Å². The maximum atomic E-state index is 13.6. The van der Waals surface area contributed by atoms with Crippen molar-refractivity contribution in [1.82, 2.24) is 0 Å². The number of alkyl halides is 5. The number of anilines is 1. The normalized spacial score (nSPS) is 12.0. The number of benzene rings is 1. The Labute approximate surface area is 105 Å². The molecule has 1 aromatic rings. The molecule has 0 aliphatic carbocycles. The summed E-state index contributed by atoms with van der Waals surface area (Å²) in [4.78, 5) is 0.917. The lowest BCUT2D eigenvalue weighted by Gasteiger charge is -2.24. The first-order valence-electron chi connectivity index (χ1n) is 5.35. The number of rotatable bonds is 5. The van der Waals surface area contributed by atoms with Gasteiger partial charge in [0.05, 0.1) is 17.8 Å². The molecule has 1 rings (SSSR count). The second-order valence-corrected chi connectivity index (χ2v) is 3.79. The van der Waals surface area contributed by atoms with Gasteiger partial charge in [-0.1, -0.05) is 0 Å². The maximum absolute atomic E-state index is 13.6. The number of nitrogens with two attached hydrogens (primary N) is 1. The number of halogens is 6. The Morgan fingerprint density at radius 2 is 1.84 bits per heavy atom. The summed E-state index contributed by atoms with van der Waals surface area (Å²) in [6.45, 7) is -0.890. The van der Waals surface area contributed by atoms with Crippen LogP contribution >= 0.6 is 0 Å². The summed E-state index contributed by atoms with van der Waals surface area (Å²) in [5.41, 5.74) is 3.71. The first-order chi connectivity index (χ1) is 8.75. The zero-order chi connectivity index (χ0) is 14.6. The average molecular weight is 286 g/mol. The molecule has 0 unspecified atom stereocenters. The van der Waals surface area contributed by atoms with Crippen LogP contribution in [0.5, 0.6) is 0 Å². The van der Waals surface area contributed by atoms with Gasteiger partial charge in [-0.25, -0.2) is 13.2 Å². The van der Waals surface area contributed by atoms with Gasteiger partial charge in [0.2, 0.25) is 0 Å². The van der Waals surface area contributed by atoms with Crippen LogP contribution in [0.2, 0.25) is 0 Å². The van der Waals surface area contributed by atoms with Gasteiger partial charge < -0.3 is 10.6 Å². The first-order valence-corrected chi connectivity index (χ1v) is 5.35. The lowest BCUT2D eigenvalue weighted by Crippen LogP contribution is -2.34. The van der Waals surface area contributed by atoms with Gasteiger partial charge in [-0.3, -0.25) is 0 Å². The molecule has 0 fully saturated rings. The molecule has 0 atom stereocenters. The minimum Gasteiger partial charge on any atom is -0.362 e. The van der Waals surface area contributed by atoms with Crippen molar-refractivity contribution < 1.29 is 26.3 Å². The molecule has 0 bridgehead atoms. The minimum atomic E-state index is -4.68. The average Bonchev–Trinajstić information content (AvgIpc) is 2.26. The van der Waals surface area contributed by atoms with E-state index in [1.54, 1.807) is 0 Å². The zero-order valence-electron chi connectivity index (χ0n) is 9.72. The van der Waals surface area contributed by atoms with E-state index in [-0.39, 0.29) is 24.8 Å². The van der Waals surface area contributed by atoms with Crippen LogP contribution in [-0.2, 0) is 6.18 Å². The third-order valence-corrected chi connectivity index (χ3v) is 2.37. The third kappa shape index (κ3) is 4.30. The van der Waals surface area contributed by atoms with E-state index in [9.17, 15) is 26.3 Å². The minimum absolute atomic E-state index is 0.0207. The molecule has 2 nitrogen and oxygen atoms in total. The summed E-state index contributed by atoms with van der Waals surface area (Å²) < 4.78 is 75.2. The van der Waals surface area contributed by atoms with Crippen molar-refractivity contribution in [3.63, 3.8) is 0 Å². The van der Waals surface area contributed by atoms with Crippen LogP contribution in [0.25, 0.3) is 0 Å². The van der Waals surface area contributed by atoms with Gasteiger partial charge in [-0.05, 0) is 18.2 Å². The topological polar surface area (TPSA) is 29.3 Å². The molecule has 8 heteroatoms. The maximum Gasteiger partial charge on any atom is 0.416 e. The van der Waals surface area contributed by atoms with Crippen molar-refractivity contribution in [1.29, 1.82) is 0 Å². The lowest BCUT2D eigenvalue weighted by atomic mass is 10.1. The quantitative estimate of drug-likeness (QED) is 0.843. The summed E-state index contributed by atoms with van der Waals surface area (Å²) in [6, 6.07) is 1.76. The SMILES string of the molecule is NCCN(CC(F)F)c1ccc(C(F)(F)F)cc1F. The van der Waals surface area contributed by atoms with Crippen LogP contribution in [0.15, 0.2) is 18.2 Å². The van der Waals surface area contributed by atoms with Gasteiger partial charge in [0.1, 0.15) is 5.82 Å². The van der Waals surface area contributed by atoms with Crippen LogP contribution in [0.3, 0.4) is 0 Å². The molecule has 0 aliphatic heterocycles. The van der Waals surface area contributed by atoms with Gasteiger partial charge in [0.15, 0.2) is 0 Å². The van der Waals surface area contributed by atoms with Crippen molar-refractivity contribution >= 4 is 5.69 Å². The summed E-state index contributed by atoms with van der Waals surface area (Å²) in [5.74, 6) is -1.20. The van der Waals surface area contributed by atoms with Crippen LogP contribution in [-0.4, -0.2) is 26.1 Å². The van der Waals surface area contributed by atoms with Crippen LogP contribution in [0.4, 0.5) is 32.0 Å². The fourth-order valence-corrected chi connectivity index (χ4v) is 1.57. The molecule has 0 aromatic heterocycles. The number of hydrogen-bond donors (Lipinski definition) is 1. The Balaban J connectivity index is 3.04. The van der Waals surface area contributed by atoms with Crippen LogP contribution in [0.1, 0.15) is 5.56 Å². The Hall–Kier alpha value is -1.44. The van der Waals surface area contributed by atoms with E-state index < -0.39 is 30.5 Å². The molecule has 0 aliphatic rings. The Morgan fingerprint density at radius 3 is 2.26 bits per heavy atom. The molecule has 0 saturated carbocycles. The number of nitrogens with zero attached hydrogens (tertiary/aromatic N) is 1. The molecular weight excluding hydrogens is 274 g/mol. The predicted molar refractivity (Wildman–Crippen MR) is 58.7 cm³/mol. The van der Waals surface area contributed by atoms with E-state index in [0.717, 1.165) is 11.0 Å². The van der Waals surface area contributed by atoms with Gasteiger partial charge in [0, 0.05) is 13.1 Å². The lowest BCUT2D eigenvalue weighted by molar-refractivity contribution is -0.137. The monoisotopic (exact) mass is 286 g/mol. The molecule has 0 radical (unpaired) electrons. The Morgan fingerprint density at radius 1 is 1.21 bits per heavy atom. The molecule has 0 amide bonds. The molecule has 1 aromatic carbocycles. The van der Waals surface area contributed by atoms with E-state index in [2.05, 4.69) is 0 Å². The van der Waals surface area contributed by atoms with Crippen molar-refractivity contribution in [2.75, 3.05) is 24.5 Å². The predicted octanol–water partition coefficient (Wildman–Crippen LogP) is 2.87. The standard InChI is InChI=1S/C11H12F6N2/c12-8-5-7(11(15,16)17)1-2-9(8)19(4-3-18)6-10(13)14/h1-2,5,10H,3-4,6,18H2. The van der Waals surface area contributed by atoms with Crippen molar-refractivity contribution in [2.45, 2.75) is 12.6 Å². The Bertz CT molecular complexity index is 418. The second-order valence-electron chi connectivity index (χ2n) is 3.79. The van der Waals surface area contributed by atoms with Gasteiger partial charge in [0.25, 0.3) is 6.43 Å². The molecule has 19 heavy (non-hydrogen) atoms. The fraction of sp³-hybridized carbons (Fsp3) is 0.455. The highest BCUT2D eigenvalue weighted by Crippen LogP contribution is 2.32. The van der Waals surface area contributed by atoms with Crippen molar-refractivity contribution in [3.8, 4) is 0 Å². The van der Waals surface area contributed by atoms with Gasteiger partial charge in [-0.15, -0.1) is 0 Å². The van der Waals surface area contributed by atoms with E-state index in [1.165, 1.54) is 0 Å².